The van der Waals surface area contributed by atoms with Gasteiger partial charge in [-0.1, -0.05) is 50.2 Å². The van der Waals surface area contributed by atoms with E-state index >= 15 is 0 Å². The Balaban J connectivity index is 1.33. The predicted octanol–water partition coefficient (Wildman–Crippen LogP) is 5.13. The molecule has 0 N–H and O–H groups in total. The van der Waals surface area contributed by atoms with Gasteiger partial charge in [0.15, 0.2) is 0 Å². The Bertz CT molecular complexity index is 912. The molecule has 5 heteroatoms. The van der Waals surface area contributed by atoms with Crippen LogP contribution in [0.5, 0.6) is 0 Å². The third-order valence-electron chi connectivity index (χ3n) is 5.10. The summed E-state index contributed by atoms with van der Waals surface area (Å²) in [6.45, 7) is 5.53. The Morgan fingerprint density at radius 2 is 1.93 bits per heavy atom. The number of hydrogen-bond acceptors (Lipinski definition) is 4. The highest BCUT2D eigenvalue weighted by atomic mass is 32.1. The van der Waals surface area contributed by atoms with Crippen LogP contribution in [0, 0.1) is 0 Å². The number of rotatable bonds is 8. The van der Waals surface area contributed by atoms with E-state index in [9.17, 15) is 4.79 Å². The number of para-hydroxylation sites is 1. The van der Waals surface area contributed by atoms with E-state index in [2.05, 4.69) is 49.2 Å². The van der Waals surface area contributed by atoms with E-state index in [0.717, 1.165) is 28.1 Å². The fraction of sp³-hybridized carbons (Fsp3) is 0.391. The quantitative estimate of drug-likeness (QED) is 0.532. The number of benzene rings is 2. The van der Waals surface area contributed by atoms with Crippen LogP contribution in [0.4, 0.5) is 0 Å². The van der Waals surface area contributed by atoms with Gasteiger partial charge < -0.3 is 9.64 Å². The van der Waals surface area contributed by atoms with Gasteiger partial charge in [0.25, 0.3) is 0 Å². The van der Waals surface area contributed by atoms with Crippen LogP contribution in [-0.4, -0.2) is 28.4 Å². The number of ether oxygens (including phenoxy) is 1. The third-order valence-corrected chi connectivity index (χ3v) is 6.11. The monoisotopic (exact) mass is 394 g/mol. The number of carbonyl (C=O) groups excluding carboxylic acids is 1. The number of nitrogens with zero attached hydrogens (tertiary/aromatic N) is 2. The molecule has 1 saturated carbocycles. The Morgan fingerprint density at radius 3 is 2.61 bits per heavy atom. The zero-order valence-electron chi connectivity index (χ0n) is 16.4. The van der Waals surface area contributed by atoms with Crippen LogP contribution in [0.25, 0.3) is 10.2 Å². The zero-order valence-corrected chi connectivity index (χ0v) is 17.2. The fourth-order valence-corrected chi connectivity index (χ4v) is 4.21. The van der Waals surface area contributed by atoms with Gasteiger partial charge in [0.2, 0.25) is 5.91 Å². The number of aromatic nitrogens is 1. The molecule has 0 atom stereocenters. The summed E-state index contributed by atoms with van der Waals surface area (Å²) in [4.78, 5) is 19.3. The molecule has 0 bridgehead atoms. The Hall–Kier alpha value is -2.24. The second kappa shape index (κ2) is 8.41. The van der Waals surface area contributed by atoms with E-state index in [1.807, 2.05) is 23.1 Å². The predicted molar refractivity (Wildman–Crippen MR) is 113 cm³/mol. The highest BCUT2D eigenvalue weighted by molar-refractivity contribution is 7.18. The van der Waals surface area contributed by atoms with Crippen molar-refractivity contribution in [3.05, 3.63) is 64.7 Å². The molecule has 0 radical (unpaired) electrons. The normalized spacial score (nSPS) is 14.0. The third kappa shape index (κ3) is 4.59. The van der Waals surface area contributed by atoms with Crippen molar-refractivity contribution in [3.63, 3.8) is 0 Å². The summed E-state index contributed by atoms with van der Waals surface area (Å²) < 4.78 is 6.86. The Labute approximate surface area is 170 Å². The molecule has 1 heterocycles. The average molecular weight is 395 g/mol. The Morgan fingerprint density at radius 1 is 1.18 bits per heavy atom. The van der Waals surface area contributed by atoms with Gasteiger partial charge in [-0.25, -0.2) is 4.98 Å². The van der Waals surface area contributed by atoms with E-state index in [1.54, 1.807) is 11.3 Å². The summed E-state index contributed by atoms with van der Waals surface area (Å²) in [5, 5.41) is 0.913. The minimum Gasteiger partial charge on any atom is -0.364 e. The van der Waals surface area contributed by atoms with Gasteiger partial charge in [0.05, 0.1) is 16.8 Å². The lowest BCUT2D eigenvalue weighted by Gasteiger charge is -2.22. The molecule has 0 unspecified atom stereocenters. The van der Waals surface area contributed by atoms with Crippen LogP contribution < -0.4 is 0 Å². The second-order valence-electron chi connectivity index (χ2n) is 7.72. The SMILES string of the molecule is CC(C)c1ccc(CN(C(=O)COCc2nc3ccccc3s2)C2CC2)cc1. The van der Waals surface area contributed by atoms with Gasteiger partial charge in [-0.15, -0.1) is 11.3 Å². The van der Waals surface area contributed by atoms with Crippen LogP contribution in [0.15, 0.2) is 48.5 Å². The molecular formula is C23H26N2O2S. The van der Waals surface area contributed by atoms with Crippen molar-refractivity contribution in [3.8, 4) is 0 Å². The van der Waals surface area contributed by atoms with Crippen molar-refractivity contribution in [2.75, 3.05) is 6.61 Å². The first-order chi connectivity index (χ1) is 13.6. The van der Waals surface area contributed by atoms with Crippen molar-refractivity contribution < 1.29 is 9.53 Å². The lowest BCUT2D eigenvalue weighted by atomic mass is 10.0. The lowest BCUT2D eigenvalue weighted by molar-refractivity contribution is -0.137. The van der Waals surface area contributed by atoms with Gasteiger partial charge in [-0.3, -0.25) is 4.79 Å². The van der Waals surface area contributed by atoms with Crippen molar-refractivity contribution in [2.24, 2.45) is 0 Å². The number of carbonyl (C=O) groups is 1. The first kappa shape index (κ1) is 19.1. The van der Waals surface area contributed by atoms with Gasteiger partial charge in [-0.05, 0) is 42.0 Å². The summed E-state index contributed by atoms with van der Waals surface area (Å²) >= 11 is 1.62. The molecule has 1 amide bonds. The van der Waals surface area contributed by atoms with Crippen molar-refractivity contribution >= 4 is 27.5 Å². The first-order valence-corrected chi connectivity index (χ1v) is 10.7. The van der Waals surface area contributed by atoms with E-state index in [1.165, 1.54) is 11.1 Å². The van der Waals surface area contributed by atoms with Crippen molar-refractivity contribution in [1.82, 2.24) is 9.88 Å². The molecule has 0 saturated heterocycles. The van der Waals surface area contributed by atoms with E-state index in [0.29, 0.717) is 25.1 Å². The number of hydrogen-bond donors (Lipinski definition) is 0. The molecule has 1 aliphatic rings. The molecule has 4 nitrogen and oxygen atoms in total. The molecule has 1 fully saturated rings. The van der Waals surface area contributed by atoms with Crippen LogP contribution in [-0.2, 0) is 22.7 Å². The number of thiazole rings is 1. The second-order valence-corrected chi connectivity index (χ2v) is 8.83. The topological polar surface area (TPSA) is 42.4 Å². The zero-order chi connectivity index (χ0) is 19.5. The molecule has 0 aliphatic heterocycles. The summed E-state index contributed by atoms with van der Waals surface area (Å²) in [6, 6.07) is 17.0. The molecule has 1 aliphatic carbocycles. The largest absolute Gasteiger partial charge is 0.364 e. The van der Waals surface area contributed by atoms with Crippen LogP contribution in [0.2, 0.25) is 0 Å². The Kier molecular flexibility index (Phi) is 5.74. The van der Waals surface area contributed by atoms with Gasteiger partial charge in [0.1, 0.15) is 11.6 Å². The molecule has 146 valence electrons. The van der Waals surface area contributed by atoms with Gasteiger partial charge in [-0.2, -0.15) is 0 Å². The highest BCUT2D eigenvalue weighted by Gasteiger charge is 2.32. The minimum atomic E-state index is 0.0662. The van der Waals surface area contributed by atoms with Gasteiger partial charge >= 0.3 is 0 Å². The first-order valence-electron chi connectivity index (χ1n) is 9.90. The summed E-state index contributed by atoms with van der Waals surface area (Å²) in [5.41, 5.74) is 3.49. The molecule has 0 spiro atoms. The molecule has 4 rings (SSSR count). The average Bonchev–Trinajstić information content (AvgIpc) is 3.45. The maximum absolute atomic E-state index is 12.8. The van der Waals surface area contributed by atoms with Gasteiger partial charge in [0, 0.05) is 12.6 Å². The van der Waals surface area contributed by atoms with Crippen molar-refractivity contribution in [1.29, 1.82) is 0 Å². The van der Waals surface area contributed by atoms with E-state index < -0.39 is 0 Å². The molecule has 3 aromatic rings. The smallest absolute Gasteiger partial charge is 0.249 e. The molecular weight excluding hydrogens is 368 g/mol. The van der Waals surface area contributed by atoms with E-state index in [4.69, 9.17) is 4.74 Å². The summed E-state index contributed by atoms with van der Waals surface area (Å²) in [7, 11) is 0. The minimum absolute atomic E-state index is 0.0662. The maximum atomic E-state index is 12.8. The van der Waals surface area contributed by atoms with Crippen LogP contribution in [0.1, 0.15) is 48.7 Å². The standard InChI is InChI=1S/C23H26N2O2S/c1-16(2)18-9-7-17(8-10-18)13-25(19-11-12-19)23(26)15-27-14-22-24-20-5-3-4-6-21(20)28-22/h3-10,16,19H,11-15H2,1-2H3. The lowest BCUT2D eigenvalue weighted by Crippen LogP contribution is -2.35. The molecule has 1 aromatic heterocycles. The fourth-order valence-electron chi connectivity index (χ4n) is 3.30. The van der Waals surface area contributed by atoms with Crippen LogP contribution >= 0.6 is 11.3 Å². The van der Waals surface area contributed by atoms with E-state index in [-0.39, 0.29) is 12.5 Å². The van der Waals surface area contributed by atoms with Crippen LogP contribution in [0.3, 0.4) is 0 Å². The molecule has 28 heavy (non-hydrogen) atoms. The maximum Gasteiger partial charge on any atom is 0.249 e. The number of fused-ring (bicyclic) bond motifs is 1. The number of amides is 1. The highest BCUT2D eigenvalue weighted by Crippen LogP contribution is 2.29. The molecule has 2 aromatic carbocycles. The summed E-state index contributed by atoms with van der Waals surface area (Å²) in [6.07, 6.45) is 2.18. The summed E-state index contributed by atoms with van der Waals surface area (Å²) in [5.74, 6) is 0.586. The van der Waals surface area contributed by atoms with Crippen molar-refractivity contribution in [2.45, 2.75) is 51.8 Å².